The van der Waals surface area contributed by atoms with Crippen molar-refractivity contribution in [2.24, 2.45) is 5.14 Å². The lowest BCUT2D eigenvalue weighted by Gasteiger charge is -2.15. The van der Waals surface area contributed by atoms with Crippen molar-refractivity contribution < 1.29 is 30.7 Å². The van der Waals surface area contributed by atoms with Gasteiger partial charge >= 0.3 is 0 Å². The number of ether oxygens (including phenoxy) is 1. The molecular weight excluding hydrogens is 434 g/mol. The normalized spacial score (nSPS) is 11.6. The van der Waals surface area contributed by atoms with Crippen LogP contribution in [0.2, 0.25) is 5.02 Å². The van der Waals surface area contributed by atoms with E-state index in [4.69, 9.17) is 21.5 Å². The number of sulfonamides is 1. The molecule has 10 heteroatoms. The first-order valence-electron chi connectivity index (χ1n) is 7.89. The van der Waals surface area contributed by atoms with E-state index < -0.39 is 44.4 Å². The summed E-state index contributed by atoms with van der Waals surface area (Å²) in [4.78, 5) is -0.292. The minimum atomic E-state index is -4.04. The van der Waals surface area contributed by atoms with Crippen LogP contribution in [0.25, 0.3) is 22.3 Å². The lowest BCUT2D eigenvalue weighted by atomic mass is 9.93. The third kappa shape index (κ3) is 3.81. The average molecular weight is 446 g/mol. The summed E-state index contributed by atoms with van der Waals surface area (Å²) in [6.07, 6.45) is 0. The maximum absolute atomic E-state index is 14.7. The zero-order valence-corrected chi connectivity index (χ0v) is 16.2. The van der Waals surface area contributed by atoms with E-state index in [1.807, 2.05) is 0 Å². The van der Waals surface area contributed by atoms with Crippen molar-refractivity contribution in [3.63, 3.8) is 0 Å². The molecule has 0 unspecified atom stereocenters. The first kappa shape index (κ1) is 21.1. The number of hydrogen-bond acceptors (Lipinski definition) is 3. The van der Waals surface area contributed by atoms with Gasteiger partial charge < -0.3 is 4.74 Å². The third-order valence-electron chi connectivity index (χ3n) is 4.18. The molecule has 3 aromatic carbocycles. The van der Waals surface area contributed by atoms with Crippen molar-refractivity contribution in [3.8, 4) is 28.0 Å². The highest BCUT2D eigenvalue weighted by atomic mass is 35.5. The highest BCUT2D eigenvalue weighted by Crippen LogP contribution is 2.41. The van der Waals surface area contributed by atoms with E-state index in [1.165, 1.54) is 25.3 Å². The molecule has 0 saturated carbocycles. The Labute approximate surface area is 168 Å². The number of primary sulfonamides is 1. The van der Waals surface area contributed by atoms with E-state index in [-0.39, 0.29) is 26.8 Å². The zero-order valence-electron chi connectivity index (χ0n) is 14.6. The first-order chi connectivity index (χ1) is 13.6. The van der Waals surface area contributed by atoms with Crippen LogP contribution in [-0.2, 0) is 10.0 Å². The fourth-order valence-electron chi connectivity index (χ4n) is 2.80. The Kier molecular flexibility index (Phi) is 5.57. The summed E-state index contributed by atoms with van der Waals surface area (Å²) in [6, 6.07) is 8.12. The van der Waals surface area contributed by atoms with Crippen molar-refractivity contribution in [3.05, 3.63) is 70.8 Å². The molecule has 0 aliphatic carbocycles. The monoisotopic (exact) mass is 445 g/mol. The molecule has 0 spiro atoms. The van der Waals surface area contributed by atoms with Crippen LogP contribution in [0.1, 0.15) is 0 Å². The Morgan fingerprint density at radius 3 is 1.79 bits per heavy atom. The number of nitrogens with two attached hydrogens (primary N) is 1. The topological polar surface area (TPSA) is 69.4 Å². The van der Waals surface area contributed by atoms with Crippen molar-refractivity contribution >= 4 is 21.6 Å². The predicted molar refractivity (Wildman–Crippen MR) is 100 cm³/mol. The Morgan fingerprint density at radius 1 is 0.828 bits per heavy atom. The smallest absolute Gasteiger partial charge is 0.238 e. The summed E-state index contributed by atoms with van der Waals surface area (Å²) in [5.41, 5.74) is -1.32. The molecule has 4 nitrogen and oxygen atoms in total. The van der Waals surface area contributed by atoms with Gasteiger partial charge in [-0.25, -0.2) is 31.1 Å². The van der Waals surface area contributed by atoms with Crippen molar-refractivity contribution in [2.75, 3.05) is 7.11 Å². The van der Waals surface area contributed by atoms with Gasteiger partial charge in [0.05, 0.1) is 17.0 Å². The van der Waals surface area contributed by atoms with Crippen LogP contribution >= 0.6 is 11.6 Å². The van der Waals surface area contributed by atoms with E-state index >= 15 is 0 Å². The SMILES string of the molecule is COc1cc(-c2c(F)c(F)c(F)c(F)c2-c2ccc(S(N)(=O)=O)cc2)ccc1Cl. The summed E-state index contributed by atoms with van der Waals surface area (Å²) in [7, 11) is -2.75. The molecule has 0 saturated heterocycles. The molecule has 0 atom stereocenters. The summed E-state index contributed by atoms with van der Waals surface area (Å²) in [6.45, 7) is 0. The number of benzene rings is 3. The molecule has 0 aromatic heterocycles. The highest BCUT2D eigenvalue weighted by Gasteiger charge is 2.27. The van der Waals surface area contributed by atoms with Gasteiger partial charge in [0, 0.05) is 11.1 Å². The molecule has 0 bridgehead atoms. The van der Waals surface area contributed by atoms with Gasteiger partial charge in [-0.1, -0.05) is 29.8 Å². The lowest BCUT2D eigenvalue weighted by molar-refractivity contribution is 0.411. The average Bonchev–Trinajstić information content (AvgIpc) is 2.69. The molecule has 0 aliphatic rings. The number of methoxy groups -OCH3 is 1. The second-order valence-electron chi connectivity index (χ2n) is 5.92. The minimum Gasteiger partial charge on any atom is -0.495 e. The van der Waals surface area contributed by atoms with Crippen LogP contribution in [0, 0.1) is 23.3 Å². The summed E-state index contributed by atoms with van der Waals surface area (Å²) >= 11 is 5.93. The van der Waals surface area contributed by atoms with Crippen LogP contribution in [0.15, 0.2) is 47.4 Å². The van der Waals surface area contributed by atoms with Gasteiger partial charge in [-0.2, -0.15) is 0 Å². The minimum absolute atomic E-state index is 0.0351. The van der Waals surface area contributed by atoms with E-state index in [2.05, 4.69) is 0 Å². The van der Waals surface area contributed by atoms with E-state index in [0.29, 0.717) is 0 Å². The second-order valence-corrected chi connectivity index (χ2v) is 7.89. The van der Waals surface area contributed by atoms with Crippen LogP contribution in [0.5, 0.6) is 5.75 Å². The quantitative estimate of drug-likeness (QED) is 0.353. The van der Waals surface area contributed by atoms with Gasteiger partial charge in [-0.15, -0.1) is 0 Å². The van der Waals surface area contributed by atoms with Gasteiger partial charge in [-0.3, -0.25) is 0 Å². The maximum Gasteiger partial charge on any atom is 0.238 e. The predicted octanol–water partition coefficient (Wildman–Crippen LogP) is 4.89. The van der Waals surface area contributed by atoms with E-state index in [0.717, 1.165) is 24.3 Å². The third-order valence-corrected chi connectivity index (χ3v) is 5.42. The van der Waals surface area contributed by atoms with Crippen LogP contribution in [0.3, 0.4) is 0 Å². The van der Waals surface area contributed by atoms with Crippen molar-refractivity contribution in [2.45, 2.75) is 4.90 Å². The molecule has 0 radical (unpaired) electrons. The Bertz CT molecular complexity index is 1220. The molecule has 0 heterocycles. The van der Waals surface area contributed by atoms with Gasteiger partial charge in [0.1, 0.15) is 5.75 Å². The Balaban J connectivity index is 2.35. The van der Waals surface area contributed by atoms with Gasteiger partial charge in [0.25, 0.3) is 0 Å². The standard InChI is InChI=1S/C19H12ClF4NO3S/c1-28-13-8-10(4-7-12(13)20)15-14(16(21)18(23)19(24)17(15)22)9-2-5-11(6-3-9)29(25,26)27/h2-8H,1H3,(H2,25,26,27). The van der Waals surface area contributed by atoms with Crippen LogP contribution in [-0.4, -0.2) is 15.5 Å². The highest BCUT2D eigenvalue weighted by molar-refractivity contribution is 7.89. The largest absolute Gasteiger partial charge is 0.495 e. The van der Waals surface area contributed by atoms with Gasteiger partial charge in [0.2, 0.25) is 10.0 Å². The first-order valence-corrected chi connectivity index (χ1v) is 9.81. The number of rotatable bonds is 4. The number of hydrogen-bond donors (Lipinski definition) is 1. The van der Waals surface area contributed by atoms with Crippen molar-refractivity contribution in [1.29, 1.82) is 0 Å². The van der Waals surface area contributed by atoms with Gasteiger partial charge in [0.15, 0.2) is 23.3 Å². The molecule has 3 rings (SSSR count). The summed E-state index contributed by atoms with van der Waals surface area (Å²) < 4.78 is 85.2. The Hall–Kier alpha value is -2.62. The molecule has 0 aliphatic heterocycles. The van der Waals surface area contributed by atoms with Crippen LogP contribution in [0.4, 0.5) is 17.6 Å². The summed E-state index contributed by atoms with van der Waals surface area (Å²) in [5.74, 6) is -7.16. The van der Waals surface area contributed by atoms with E-state index in [9.17, 15) is 26.0 Å². The lowest BCUT2D eigenvalue weighted by Crippen LogP contribution is -2.11. The Morgan fingerprint density at radius 2 is 1.31 bits per heavy atom. The molecule has 0 fully saturated rings. The fraction of sp³-hybridized carbons (Fsp3) is 0.0526. The van der Waals surface area contributed by atoms with Gasteiger partial charge in [-0.05, 0) is 35.4 Å². The summed E-state index contributed by atoms with van der Waals surface area (Å²) in [5, 5.41) is 5.18. The van der Waals surface area contributed by atoms with Crippen LogP contribution < -0.4 is 9.88 Å². The molecule has 2 N–H and O–H groups in total. The number of halogens is 5. The molecule has 29 heavy (non-hydrogen) atoms. The molecule has 3 aromatic rings. The molecular formula is C19H12ClF4NO3S. The zero-order chi connectivity index (χ0) is 21.5. The molecule has 152 valence electrons. The second kappa shape index (κ2) is 7.66. The van der Waals surface area contributed by atoms with Crippen molar-refractivity contribution in [1.82, 2.24) is 0 Å². The molecule has 0 amide bonds. The fourth-order valence-corrected chi connectivity index (χ4v) is 3.51. The maximum atomic E-state index is 14.7. The van der Waals surface area contributed by atoms with E-state index in [1.54, 1.807) is 0 Å².